The van der Waals surface area contributed by atoms with E-state index in [2.05, 4.69) is 12.2 Å². The number of hydrogen-bond acceptors (Lipinski definition) is 2. The van der Waals surface area contributed by atoms with Crippen molar-refractivity contribution in [3.8, 4) is 5.75 Å². The fourth-order valence-electron chi connectivity index (χ4n) is 5.25. The largest absolute Gasteiger partial charge is 0.491 e. The fourth-order valence-corrected chi connectivity index (χ4v) is 5.25. The highest BCUT2D eigenvalue weighted by molar-refractivity contribution is 5.33. The van der Waals surface area contributed by atoms with Crippen LogP contribution < -0.4 is 4.74 Å². The molecule has 0 heterocycles. The number of methoxy groups -OCH3 is 1. The van der Waals surface area contributed by atoms with Crippen LogP contribution in [0.1, 0.15) is 82.6 Å². The number of benzene rings is 1. The Balaban J connectivity index is 1.43. The van der Waals surface area contributed by atoms with E-state index in [0.29, 0.717) is 18.1 Å². The third-order valence-corrected chi connectivity index (χ3v) is 7.10. The second-order valence-electron chi connectivity index (χ2n) is 9.13. The van der Waals surface area contributed by atoms with E-state index in [-0.39, 0.29) is 11.7 Å². The molecular weight excluding hydrogens is 382 g/mol. The Labute approximate surface area is 181 Å². The average Bonchev–Trinajstić information content (AvgIpc) is 2.77. The first-order valence-corrected chi connectivity index (χ1v) is 11.9. The van der Waals surface area contributed by atoms with E-state index >= 15 is 0 Å². The summed E-state index contributed by atoms with van der Waals surface area (Å²) in [7, 11) is 1.78. The number of hydrogen-bond donors (Lipinski definition) is 0. The van der Waals surface area contributed by atoms with Gasteiger partial charge in [0.05, 0.1) is 6.61 Å². The van der Waals surface area contributed by atoms with Crippen LogP contribution in [-0.4, -0.2) is 20.3 Å². The summed E-state index contributed by atoms with van der Waals surface area (Å²) < 4.78 is 39.1. The van der Waals surface area contributed by atoms with Crippen LogP contribution in [0.25, 0.3) is 0 Å². The Bertz CT molecular complexity index is 672. The molecule has 2 saturated carbocycles. The third kappa shape index (κ3) is 6.29. The van der Waals surface area contributed by atoms with Crippen molar-refractivity contribution in [3.63, 3.8) is 0 Å². The van der Waals surface area contributed by atoms with Gasteiger partial charge in [-0.25, -0.2) is 4.39 Å². The van der Waals surface area contributed by atoms with Crippen LogP contribution in [0.15, 0.2) is 24.3 Å². The number of allylic oxidation sites excluding steroid dienone is 2. The number of ether oxygens (including phenoxy) is 2. The monoisotopic (exact) mass is 420 g/mol. The molecule has 168 valence electrons. The van der Waals surface area contributed by atoms with Gasteiger partial charge >= 0.3 is 0 Å². The molecule has 2 aliphatic carbocycles. The summed E-state index contributed by atoms with van der Waals surface area (Å²) in [5.74, 6) is 0.752. The van der Waals surface area contributed by atoms with Crippen molar-refractivity contribution >= 4 is 0 Å². The van der Waals surface area contributed by atoms with Crippen molar-refractivity contribution in [3.05, 3.63) is 41.5 Å². The van der Waals surface area contributed by atoms with Gasteiger partial charge in [-0.3, -0.25) is 0 Å². The number of halogens is 2. The van der Waals surface area contributed by atoms with Crippen molar-refractivity contribution in [2.45, 2.75) is 77.0 Å². The quantitative estimate of drug-likeness (QED) is 0.305. The molecule has 0 bridgehead atoms. The van der Waals surface area contributed by atoms with Crippen LogP contribution in [0.2, 0.25) is 0 Å². The molecule has 0 aromatic heterocycles. The highest BCUT2D eigenvalue weighted by Gasteiger charge is 2.26. The lowest BCUT2D eigenvalue weighted by Crippen LogP contribution is -2.15. The molecule has 0 saturated heterocycles. The zero-order chi connectivity index (χ0) is 21.3. The zero-order valence-corrected chi connectivity index (χ0v) is 18.7. The summed E-state index contributed by atoms with van der Waals surface area (Å²) in [5.41, 5.74) is 0.519. The highest BCUT2D eigenvalue weighted by atomic mass is 19.2. The molecule has 4 heteroatoms. The maximum absolute atomic E-state index is 14.5. The summed E-state index contributed by atoms with van der Waals surface area (Å²) in [6.45, 7) is 2.99. The summed E-state index contributed by atoms with van der Waals surface area (Å²) in [5, 5.41) is 0. The van der Waals surface area contributed by atoms with Crippen molar-refractivity contribution in [2.75, 3.05) is 20.3 Å². The van der Waals surface area contributed by atoms with E-state index in [1.807, 2.05) is 0 Å². The summed E-state index contributed by atoms with van der Waals surface area (Å²) in [6, 6.07) is 3.30. The Morgan fingerprint density at radius 2 is 1.53 bits per heavy atom. The molecule has 2 fully saturated rings. The zero-order valence-electron chi connectivity index (χ0n) is 18.7. The third-order valence-electron chi connectivity index (χ3n) is 7.10. The van der Waals surface area contributed by atoms with Gasteiger partial charge in [0.25, 0.3) is 0 Å². The molecule has 2 aliphatic rings. The van der Waals surface area contributed by atoms with Gasteiger partial charge in [-0.15, -0.1) is 0 Å². The topological polar surface area (TPSA) is 18.5 Å². The van der Waals surface area contributed by atoms with Crippen molar-refractivity contribution < 1.29 is 18.3 Å². The maximum atomic E-state index is 14.5. The summed E-state index contributed by atoms with van der Waals surface area (Å²) in [6.07, 6.45) is 16.6. The molecule has 0 N–H and O–H groups in total. The predicted octanol–water partition coefficient (Wildman–Crippen LogP) is 7.43. The molecular formula is C26H38F2O2. The van der Waals surface area contributed by atoms with Crippen LogP contribution in [0, 0.1) is 29.4 Å². The van der Waals surface area contributed by atoms with Crippen molar-refractivity contribution in [1.82, 2.24) is 0 Å². The molecule has 2 nitrogen and oxygen atoms in total. The second-order valence-corrected chi connectivity index (χ2v) is 9.13. The smallest absolute Gasteiger partial charge is 0.200 e. The molecule has 3 rings (SSSR count). The first kappa shape index (κ1) is 23.2. The van der Waals surface area contributed by atoms with Gasteiger partial charge in [0, 0.05) is 13.7 Å². The Morgan fingerprint density at radius 1 is 0.900 bits per heavy atom. The van der Waals surface area contributed by atoms with Gasteiger partial charge in [0.2, 0.25) is 5.82 Å². The summed E-state index contributed by atoms with van der Waals surface area (Å²) in [4.78, 5) is 0. The van der Waals surface area contributed by atoms with Gasteiger partial charge in [-0.1, -0.05) is 18.2 Å². The van der Waals surface area contributed by atoms with Crippen LogP contribution >= 0.6 is 0 Å². The van der Waals surface area contributed by atoms with Crippen molar-refractivity contribution in [1.29, 1.82) is 0 Å². The van der Waals surface area contributed by atoms with E-state index in [9.17, 15) is 8.78 Å². The average molecular weight is 421 g/mol. The molecule has 0 spiro atoms. The minimum Gasteiger partial charge on any atom is -0.491 e. The lowest BCUT2D eigenvalue weighted by Gasteiger charge is -2.29. The maximum Gasteiger partial charge on any atom is 0.200 e. The van der Waals surface area contributed by atoms with Gasteiger partial charge in [-0.2, -0.15) is 4.39 Å². The number of rotatable bonds is 9. The Kier molecular flexibility index (Phi) is 9.17. The second kappa shape index (κ2) is 11.8. The normalized spacial score (nSPS) is 27.5. The molecule has 0 aliphatic heterocycles. The van der Waals surface area contributed by atoms with Gasteiger partial charge < -0.3 is 9.47 Å². The van der Waals surface area contributed by atoms with Crippen LogP contribution in [0.3, 0.4) is 0 Å². The molecule has 0 amide bonds. The van der Waals surface area contributed by atoms with E-state index in [1.165, 1.54) is 38.5 Å². The molecule has 30 heavy (non-hydrogen) atoms. The SMILES string of the molecule is CCOc1ccc(C2CCC(/C=C/C3CCC(CCCOC)CC3)CC2)c(F)c1F. The molecule has 1 aromatic rings. The first-order valence-electron chi connectivity index (χ1n) is 11.9. The van der Waals surface area contributed by atoms with Crippen LogP contribution in [-0.2, 0) is 4.74 Å². The van der Waals surface area contributed by atoms with E-state index in [1.54, 1.807) is 26.2 Å². The minimum atomic E-state index is -0.839. The Hall–Kier alpha value is -1.42. The molecule has 0 radical (unpaired) electrons. The molecule has 0 atom stereocenters. The van der Waals surface area contributed by atoms with Crippen molar-refractivity contribution in [2.24, 2.45) is 17.8 Å². The minimum absolute atomic E-state index is 0.0174. The van der Waals surface area contributed by atoms with Gasteiger partial charge in [0.15, 0.2) is 11.6 Å². The lowest BCUT2D eigenvalue weighted by molar-refractivity contribution is 0.179. The fraction of sp³-hybridized carbons (Fsp3) is 0.692. The van der Waals surface area contributed by atoms with Crippen LogP contribution in [0.4, 0.5) is 8.78 Å². The molecule has 1 aromatic carbocycles. The summed E-state index contributed by atoms with van der Waals surface area (Å²) >= 11 is 0. The first-order chi connectivity index (χ1) is 14.6. The molecule has 0 unspecified atom stereocenters. The van der Waals surface area contributed by atoms with Gasteiger partial charge in [-0.05, 0) is 106 Å². The highest BCUT2D eigenvalue weighted by Crippen LogP contribution is 2.40. The van der Waals surface area contributed by atoms with Gasteiger partial charge in [0.1, 0.15) is 0 Å². The Morgan fingerprint density at radius 3 is 2.13 bits per heavy atom. The predicted molar refractivity (Wildman–Crippen MR) is 118 cm³/mol. The van der Waals surface area contributed by atoms with Crippen LogP contribution in [0.5, 0.6) is 5.75 Å². The standard InChI is InChI=1S/C26H38F2O2/c1-3-30-24-17-16-23(25(27)26(24)28)22-14-12-21(13-15-22)11-10-20-8-6-19(7-9-20)5-4-18-29-2/h10-11,16-17,19-22H,3-9,12-15,18H2,1-2H3/b11-10+. The van der Waals surface area contributed by atoms with E-state index in [0.717, 1.165) is 44.1 Å². The van der Waals surface area contributed by atoms with E-state index < -0.39 is 11.6 Å². The van der Waals surface area contributed by atoms with E-state index in [4.69, 9.17) is 9.47 Å². The lowest BCUT2D eigenvalue weighted by atomic mass is 9.76.